The van der Waals surface area contributed by atoms with Crippen LogP contribution in [-0.4, -0.2) is 187 Å². The maximum Gasteiger partial charge on any atom is 0.187 e. The molecule has 5 aliphatic heterocycles. The molecule has 0 unspecified atom stereocenters. The molecule has 18 heteroatoms. The van der Waals surface area contributed by atoms with Gasteiger partial charge in [-0.2, -0.15) is 0 Å². The van der Waals surface area contributed by atoms with Crippen molar-refractivity contribution in [3.63, 3.8) is 0 Å². The van der Waals surface area contributed by atoms with Gasteiger partial charge < -0.3 is 89.0 Å². The van der Waals surface area contributed by atoms with E-state index < -0.39 is 123 Å². The van der Waals surface area contributed by atoms with Crippen molar-refractivity contribution in [2.45, 2.75) is 202 Å². The predicted molar refractivity (Wildman–Crippen MR) is 216 cm³/mol. The Kier molecular flexibility index (Phi) is 13.1. The van der Waals surface area contributed by atoms with Gasteiger partial charge in [-0.15, -0.1) is 0 Å². The molecule has 18 nitrogen and oxygen atoms in total. The Labute approximate surface area is 368 Å². The van der Waals surface area contributed by atoms with Crippen molar-refractivity contribution in [2.24, 2.45) is 46.3 Å². The first kappa shape index (κ1) is 47.1. The van der Waals surface area contributed by atoms with Crippen molar-refractivity contribution in [3.05, 3.63) is 11.6 Å². The average molecular weight is 901 g/mol. The third-order valence-corrected chi connectivity index (χ3v) is 17.7. The lowest BCUT2D eigenvalue weighted by Gasteiger charge is -2.59. The zero-order valence-corrected chi connectivity index (χ0v) is 37.0. The van der Waals surface area contributed by atoms with Crippen molar-refractivity contribution >= 4 is 0 Å². The van der Waals surface area contributed by atoms with Crippen LogP contribution in [0.4, 0.5) is 0 Å². The van der Waals surface area contributed by atoms with Crippen LogP contribution < -0.4 is 0 Å². The SMILES string of the molecule is C[C@@H]1CC[C@@]2(OC1)O[C@H]1C[C@H]3[C@@H]4[C@@H](O)C=C5C[C@@H](O[C@@H]6O[C@H](CO)[C@@H](O)[C@H](O[C@@H]7O[C@H](CO)[C@@H](O)[C@H](O)[C@H]7O)[C@H]6O[C@@H]6O[C@@H](C)[C@H](O)[C@@H](O)[C@H]6O)CC[C@]5(C)[C@H]4CC[C@]3(C)[C@H]1[C@@H]2C. The van der Waals surface area contributed by atoms with E-state index in [1.54, 1.807) is 0 Å². The first-order valence-electron chi connectivity index (χ1n) is 23.5. The monoisotopic (exact) mass is 900 g/mol. The van der Waals surface area contributed by atoms with E-state index in [1.165, 1.54) is 6.92 Å². The Bertz CT molecular complexity index is 1640. The van der Waals surface area contributed by atoms with Crippen LogP contribution in [0.3, 0.4) is 0 Å². The van der Waals surface area contributed by atoms with Crippen LogP contribution in [0.15, 0.2) is 11.6 Å². The predicted octanol–water partition coefficient (Wildman–Crippen LogP) is -0.815. The second-order valence-corrected chi connectivity index (χ2v) is 21.2. The second-order valence-electron chi connectivity index (χ2n) is 21.2. The largest absolute Gasteiger partial charge is 0.394 e. The van der Waals surface area contributed by atoms with Crippen molar-refractivity contribution < 1.29 is 89.0 Å². The molecule has 9 rings (SSSR count). The highest BCUT2D eigenvalue weighted by molar-refractivity contribution is 5.29. The average Bonchev–Trinajstić information content (AvgIpc) is 3.71. The maximum absolute atomic E-state index is 12.2. The lowest BCUT2D eigenvalue weighted by atomic mass is 9.46. The van der Waals surface area contributed by atoms with Gasteiger partial charge in [-0.3, -0.25) is 0 Å². The molecule has 0 bridgehead atoms. The Morgan fingerprint density at radius 2 is 1.32 bits per heavy atom. The molecule has 0 aromatic heterocycles. The van der Waals surface area contributed by atoms with E-state index in [4.69, 9.17) is 37.9 Å². The summed E-state index contributed by atoms with van der Waals surface area (Å²) in [4.78, 5) is 0. The molecule has 9 aliphatic rings. The van der Waals surface area contributed by atoms with Gasteiger partial charge in [0.2, 0.25) is 0 Å². The van der Waals surface area contributed by atoms with Gasteiger partial charge in [-0.25, -0.2) is 0 Å². The molecule has 4 aliphatic carbocycles. The van der Waals surface area contributed by atoms with E-state index >= 15 is 0 Å². The Balaban J connectivity index is 0.955. The lowest BCUT2D eigenvalue weighted by molar-refractivity contribution is -0.394. The van der Waals surface area contributed by atoms with Crippen LogP contribution in [0.25, 0.3) is 0 Å². The van der Waals surface area contributed by atoms with E-state index in [9.17, 15) is 51.1 Å². The second kappa shape index (κ2) is 17.5. The normalized spacial score (nSPS) is 58.1. The van der Waals surface area contributed by atoms with Crippen LogP contribution in [0, 0.1) is 46.3 Å². The van der Waals surface area contributed by atoms with Gasteiger partial charge in [0.15, 0.2) is 24.7 Å². The molecule has 5 heterocycles. The Hall–Kier alpha value is -0.980. The number of hydrogen-bond acceptors (Lipinski definition) is 18. The smallest absolute Gasteiger partial charge is 0.187 e. The molecule has 27 atom stereocenters. The summed E-state index contributed by atoms with van der Waals surface area (Å²) < 4.78 is 50.0. The van der Waals surface area contributed by atoms with Crippen LogP contribution in [-0.2, 0) is 37.9 Å². The summed E-state index contributed by atoms with van der Waals surface area (Å²) in [5, 5.41) is 108. The molecule has 1 spiro atoms. The Morgan fingerprint density at radius 1 is 0.667 bits per heavy atom. The van der Waals surface area contributed by atoms with E-state index in [2.05, 4.69) is 27.7 Å². The Morgan fingerprint density at radius 3 is 2.00 bits per heavy atom. The third-order valence-electron chi connectivity index (χ3n) is 17.7. The number of fused-ring (bicyclic) bond motifs is 7. The zero-order valence-electron chi connectivity index (χ0n) is 37.0. The van der Waals surface area contributed by atoms with Gasteiger partial charge in [0.25, 0.3) is 0 Å². The summed E-state index contributed by atoms with van der Waals surface area (Å²) in [6.45, 7) is 10.0. The first-order valence-corrected chi connectivity index (χ1v) is 23.5. The molecule has 10 N–H and O–H groups in total. The number of aliphatic hydroxyl groups is 10. The first-order chi connectivity index (χ1) is 29.8. The standard InChI is InChI=1S/C45H72O18/c1-18-6-11-45(56-17-18)19(2)30-26(63-45)14-24-29-23(8-10-44(24,30)5)43(4)9-7-22(12-21(43)13-25(29)48)58-42-39(62-40-36(54)34(52)31(49)20(3)57-40)38(33(51)28(16-47)60-42)61-41-37(55)35(53)32(50)27(15-46)59-41/h13,18-20,22-42,46-55H,6-12,14-17H2,1-5H3/t18-,19+,20+,22+,23+,24+,25+,26+,27-,28-,29-,30+,31+,32-,33-,34-,35+,36-,37-,38+,39-,40+,41+,42-,43+,44+,45-/m1/s1. The van der Waals surface area contributed by atoms with Crippen molar-refractivity contribution in [2.75, 3.05) is 19.8 Å². The van der Waals surface area contributed by atoms with Crippen LogP contribution in [0.1, 0.15) is 86.0 Å². The zero-order chi connectivity index (χ0) is 45.1. The maximum atomic E-state index is 12.2. The van der Waals surface area contributed by atoms with Crippen LogP contribution >= 0.6 is 0 Å². The fraction of sp³-hybridized carbons (Fsp3) is 0.956. The van der Waals surface area contributed by atoms with E-state index in [1.807, 2.05) is 6.08 Å². The molecule has 0 aromatic rings. The van der Waals surface area contributed by atoms with Gasteiger partial charge in [-0.1, -0.05) is 39.3 Å². The minimum absolute atomic E-state index is 0.00108. The summed E-state index contributed by atoms with van der Waals surface area (Å²) in [5.74, 6) is 1.18. The topological polar surface area (TPSA) is 276 Å². The van der Waals surface area contributed by atoms with Crippen molar-refractivity contribution in [1.82, 2.24) is 0 Å². The van der Waals surface area contributed by atoms with Crippen LogP contribution in [0.5, 0.6) is 0 Å². The number of rotatable bonds is 8. The van der Waals surface area contributed by atoms with Gasteiger partial charge >= 0.3 is 0 Å². The summed E-state index contributed by atoms with van der Waals surface area (Å²) in [7, 11) is 0. The lowest BCUT2D eigenvalue weighted by Crippen LogP contribution is -2.67. The molecule has 0 aromatic carbocycles. The molecule has 0 amide bonds. The van der Waals surface area contributed by atoms with Gasteiger partial charge in [0.1, 0.15) is 67.1 Å². The summed E-state index contributed by atoms with van der Waals surface area (Å²) in [6, 6.07) is 0. The fourth-order valence-corrected chi connectivity index (χ4v) is 14.0. The van der Waals surface area contributed by atoms with E-state index in [0.717, 1.165) is 50.7 Å². The molecule has 8 fully saturated rings. The third kappa shape index (κ3) is 7.71. The summed E-state index contributed by atoms with van der Waals surface area (Å²) in [5.41, 5.74) is 0.843. The minimum Gasteiger partial charge on any atom is -0.394 e. The molecular formula is C45H72O18. The van der Waals surface area contributed by atoms with Crippen molar-refractivity contribution in [1.29, 1.82) is 0 Å². The van der Waals surface area contributed by atoms with Gasteiger partial charge in [0.05, 0.1) is 44.2 Å². The molecule has 5 saturated heterocycles. The van der Waals surface area contributed by atoms with Crippen molar-refractivity contribution in [3.8, 4) is 0 Å². The molecule has 63 heavy (non-hydrogen) atoms. The minimum atomic E-state index is -1.87. The number of aliphatic hydroxyl groups excluding tert-OH is 10. The number of hydrogen-bond donors (Lipinski definition) is 10. The fourth-order valence-electron chi connectivity index (χ4n) is 14.0. The quantitative estimate of drug-likeness (QED) is 0.133. The number of ether oxygens (including phenoxy) is 8. The molecule has 360 valence electrons. The molecular weight excluding hydrogens is 828 g/mol. The van der Waals surface area contributed by atoms with Gasteiger partial charge in [0, 0.05) is 12.3 Å². The van der Waals surface area contributed by atoms with E-state index in [-0.39, 0.29) is 40.6 Å². The molecule has 0 radical (unpaired) electrons. The molecule has 3 saturated carbocycles. The van der Waals surface area contributed by atoms with E-state index in [0.29, 0.717) is 24.7 Å². The highest BCUT2D eigenvalue weighted by Crippen LogP contribution is 2.70. The van der Waals surface area contributed by atoms with Crippen LogP contribution in [0.2, 0.25) is 0 Å². The highest BCUT2D eigenvalue weighted by Gasteiger charge is 2.70. The summed E-state index contributed by atoms with van der Waals surface area (Å²) in [6.07, 6.45) is -16.1. The highest BCUT2D eigenvalue weighted by atomic mass is 16.8. The van der Waals surface area contributed by atoms with Gasteiger partial charge in [-0.05, 0) is 92.3 Å². The summed E-state index contributed by atoms with van der Waals surface area (Å²) >= 11 is 0.